The Hall–Kier alpha value is -5.26. The van der Waals surface area contributed by atoms with Crippen molar-refractivity contribution in [2.75, 3.05) is 0 Å². The molecule has 5 aromatic carbocycles. The molecular formula is C34H21BN4. The molecule has 1 aliphatic rings. The number of aryl methyl sites for hydroxylation is 2. The van der Waals surface area contributed by atoms with E-state index >= 15 is 0 Å². The summed E-state index contributed by atoms with van der Waals surface area (Å²) in [4.78, 5) is 0. The van der Waals surface area contributed by atoms with Gasteiger partial charge in [-0.25, -0.2) is 0 Å². The van der Waals surface area contributed by atoms with Crippen LogP contribution in [0, 0.1) is 36.5 Å². The highest BCUT2D eigenvalue weighted by Crippen LogP contribution is 2.38. The summed E-state index contributed by atoms with van der Waals surface area (Å²) in [6.07, 6.45) is 0. The zero-order valence-electron chi connectivity index (χ0n) is 21.5. The first-order chi connectivity index (χ1) is 19.1. The molecule has 180 valence electrons. The lowest BCUT2D eigenvalue weighted by atomic mass is 9.47. The number of hydrogen-bond donors (Lipinski definition) is 0. The highest BCUT2D eigenvalue weighted by molar-refractivity contribution is 6.88. The van der Waals surface area contributed by atoms with Gasteiger partial charge >= 0.3 is 6.85 Å². The molecule has 0 atom stereocenters. The van der Waals surface area contributed by atoms with Gasteiger partial charge in [-0.2, -0.15) is 10.5 Å². The third-order valence-electron chi connectivity index (χ3n) is 8.43. The predicted molar refractivity (Wildman–Crippen MR) is 160 cm³/mol. The highest BCUT2D eigenvalue weighted by Gasteiger charge is 2.38. The first-order valence-corrected chi connectivity index (χ1v) is 13.1. The molecule has 0 radical (unpaired) electrons. The molecular weight excluding hydrogens is 475 g/mol. The quantitative estimate of drug-likeness (QED) is 0.254. The first kappa shape index (κ1) is 21.8. The summed E-state index contributed by atoms with van der Waals surface area (Å²) in [6, 6.07) is 36.4. The SMILES string of the molecule is Cc1ccc2c3ccc(C)c4c3n(c2c1)-c1ccccc1B4n1c2c(C#N)cccc2c2cccc(C#N)c21. The van der Waals surface area contributed by atoms with Crippen LogP contribution in [0.3, 0.4) is 0 Å². The van der Waals surface area contributed by atoms with E-state index in [1.165, 1.54) is 38.4 Å². The number of fused-ring (bicyclic) bond motifs is 8. The van der Waals surface area contributed by atoms with E-state index in [2.05, 4.69) is 102 Å². The van der Waals surface area contributed by atoms with Gasteiger partial charge in [-0.15, -0.1) is 0 Å². The second-order valence-corrected chi connectivity index (χ2v) is 10.5. The van der Waals surface area contributed by atoms with Gasteiger partial charge in [-0.05, 0) is 54.6 Å². The van der Waals surface area contributed by atoms with Crippen molar-refractivity contribution in [3.05, 3.63) is 113 Å². The third kappa shape index (κ3) is 2.67. The number of rotatable bonds is 1. The van der Waals surface area contributed by atoms with Crippen LogP contribution in [0.2, 0.25) is 0 Å². The molecule has 8 rings (SSSR count). The Morgan fingerprint density at radius 3 is 1.97 bits per heavy atom. The maximum Gasteiger partial charge on any atom is 0.332 e. The zero-order chi connectivity index (χ0) is 26.4. The number of nitriles is 2. The van der Waals surface area contributed by atoms with Crippen LogP contribution in [0.25, 0.3) is 49.3 Å². The summed E-state index contributed by atoms with van der Waals surface area (Å²) in [5.74, 6) is 0. The molecule has 0 aliphatic carbocycles. The monoisotopic (exact) mass is 496 g/mol. The maximum absolute atomic E-state index is 10.3. The molecule has 1 aliphatic heterocycles. The summed E-state index contributed by atoms with van der Waals surface area (Å²) in [7, 11) is 0. The minimum Gasteiger partial charge on any atom is -0.374 e. The van der Waals surface area contributed by atoms with Crippen molar-refractivity contribution in [2.24, 2.45) is 0 Å². The van der Waals surface area contributed by atoms with Crippen LogP contribution in [-0.2, 0) is 0 Å². The predicted octanol–water partition coefficient (Wildman–Crippen LogP) is 6.22. The van der Waals surface area contributed by atoms with Crippen LogP contribution in [0.15, 0.2) is 91.0 Å². The minimum absolute atomic E-state index is 0.216. The van der Waals surface area contributed by atoms with Gasteiger partial charge in [-0.1, -0.05) is 72.3 Å². The van der Waals surface area contributed by atoms with E-state index < -0.39 is 0 Å². The van der Waals surface area contributed by atoms with E-state index in [9.17, 15) is 10.5 Å². The molecule has 0 saturated carbocycles. The largest absolute Gasteiger partial charge is 0.374 e. The number of hydrogen-bond acceptors (Lipinski definition) is 2. The maximum atomic E-state index is 10.3. The number of para-hydroxylation sites is 3. The zero-order valence-corrected chi connectivity index (χ0v) is 21.5. The minimum atomic E-state index is -0.216. The topological polar surface area (TPSA) is 57.4 Å². The molecule has 2 aromatic heterocycles. The normalized spacial score (nSPS) is 12.3. The van der Waals surface area contributed by atoms with E-state index in [0.29, 0.717) is 11.1 Å². The molecule has 4 nitrogen and oxygen atoms in total. The van der Waals surface area contributed by atoms with Crippen molar-refractivity contribution in [2.45, 2.75) is 13.8 Å². The van der Waals surface area contributed by atoms with Crippen LogP contribution < -0.4 is 10.9 Å². The Bertz CT molecular complexity index is 2220. The molecule has 0 N–H and O–H groups in total. The van der Waals surface area contributed by atoms with Gasteiger partial charge in [0.05, 0.1) is 33.2 Å². The van der Waals surface area contributed by atoms with Gasteiger partial charge in [-0.3, -0.25) is 0 Å². The molecule has 0 fully saturated rings. The smallest absolute Gasteiger partial charge is 0.332 e. The summed E-state index contributed by atoms with van der Waals surface area (Å²) >= 11 is 0. The van der Waals surface area contributed by atoms with E-state index in [1.54, 1.807) is 0 Å². The lowest BCUT2D eigenvalue weighted by molar-refractivity contribution is 1.17. The number of nitrogens with zero attached hydrogens (tertiary/aromatic N) is 4. The second-order valence-electron chi connectivity index (χ2n) is 10.5. The summed E-state index contributed by atoms with van der Waals surface area (Å²) in [6.45, 7) is 4.10. The van der Waals surface area contributed by atoms with Gasteiger partial charge in [0.2, 0.25) is 0 Å². The standard InChI is InChI=1S/C34H21BN4/c1-20-13-15-24-27-16-14-21(2)31-34(27)38(30(24)17-20)29-12-4-3-11-28(29)35(31)39-32-22(18-36)7-5-9-25(32)26-10-6-8-23(19-37)33(26)39/h3-17H,1-2H3. The van der Waals surface area contributed by atoms with Crippen molar-refractivity contribution in [3.63, 3.8) is 0 Å². The second kappa shape index (κ2) is 7.63. The molecule has 39 heavy (non-hydrogen) atoms. The van der Waals surface area contributed by atoms with Crippen molar-refractivity contribution in [3.8, 4) is 17.8 Å². The third-order valence-corrected chi connectivity index (χ3v) is 8.43. The Balaban J connectivity index is 1.66. The fourth-order valence-electron chi connectivity index (χ4n) is 6.87. The Kier molecular flexibility index (Phi) is 4.27. The molecule has 0 amide bonds. The molecule has 0 bridgehead atoms. The average Bonchev–Trinajstić information content (AvgIpc) is 3.48. The van der Waals surface area contributed by atoms with Crippen molar-refractivity contribution in [1.82, 2.24) is 9.05 Å². The Morgan fingerprint density at radius 1 is 0.641 bits per heavy atom. The fraction of sp³-hybridized carbons (Fsp3) is 0.0588. The molecule has 3 heterocycles. The van der Waals surface area contributed by atoms with Gasteiger partial charge in [0.25, 0.3) is 0 Å². The highest BCUT2D eigenvalue weighted by atomic mass is 15.0. The van der Waals surface area contributed by atoms with Crippen LogP contribution in [0.4, 0.5) is 0 Å². The van der Waals surface area contributed by atoms with Gasteiger partial charge in [0.1, 0.15) is 12.1 Å². The Morgan fingerprint density at radius 2 is 1.28 bits per heavy atom. The van der Waals surface area contributed by atoms with Gasteiger partial charge in [0, 0.05) is 27.2 Å². The van der Waals surface area contributed by atoms with Crippen LogP contribution in [-0.4, -0.2) is 15.9 Å². The summed E-state index contributed by atoms with van der Waals surface area (Å²) in [5, 5.41) is 24.9. The Labute approximate surface area is 225 Å². The molecule has 7 aromatic rings. The molecule has 0 spiro atoms. The number of aromatic nitrogens is 2. The van der Waals surface area contributed by atoms with Crippen LogP contribution >= 0.6 is 0 Å². The molecule has 5 heteroatoms. The van der Waals surface area contributed by atoms with Crippen molar-refractivity contribution >= 4 is 61.4 Å². The lowest BCUT2D eigenvalue weighted by Gasteiger charge is -2.30. The molecule has 0 unspecified atom stereocenters. The van der Waals surface area contributed by atoms with Gasteiger partial charge in [0.15, 0.2) is 0 Å². The lowest BCUT2D eigenvalue weighted by Crippen LogP contribution is -2.54. The summed E-state index contributed by atoms with van der Waals surface area (Å²) in [5.41, 5.74) is 11.2. The van der Waals surface area contributed by atoms with Crippen molar-refractivity contribution < 1.29 is 0 Å². The number of benzene rings is 5. The fourth-order valence-corrected chi connectivity index (χ4v) is 6.87. The first-order valence-electron chi connectivity index (χ1n) is 13.1. The molecule has 0 saturated heterocycles. The van der Waals surface area contributed by atoms with Gasteiger partial charge < -0.3 is 9.05 Å². The van der Waals surface area contributed by atoms with Crippen molar-refractivity contribution in [1.29, 1.82) is 10.5 Å². The van der Waals surface area contributed by atoms with E-state index in [1.807, 2.05) is 24.3 Å². The van der Waals surface area contributed by atoms with E-state index in [4.69, 9.17) is 0 Å². The van der Waals surface area contributed by atoms with Crippen LogP contribution in [0.5, 0.6) is 0 Å². The average molecular weight is 496 g/mol. The van der Waals surface area contributed by atoms with E-state index in [0.717, 1.165) is 33.0 Å². The van der Waals surface area contributed by atoms with E-state index in [-0.39, 0.29) is 6.85 Å². The summed E-state index contributed by atoms with van der Waals surface area (Å²) < 4.78 is 4.69. The van der Waals surface area contributed by atoms with Crippen LogP contribution in [0.1, 0.15) is 22.3 Å².